The summed E-state index contributed by atoms with van der Waals surface area (Å²) in [4.78, 5) is 14.3. The normalized spacial score (nSPS) is 14.5. The molecule has 2 fully saturated rings. The zero-order valence-corrected chi connectivity index (χ0v) is 42.5. The molecular weight excluding hydrogens is 1080 g/mol. The fourth-order valence-electron chi connectivity index (χ4n) is 7.21. The molecule has 0 radical (unpaired) electrons. The van der Waals surface area contributed by atoms with Crippen LogP contribution in [-0.2, 0) is 0 Å². The van der Waals surface area contributed by atoms with Crippen LogP contribution in [0.1, 0.15) is 38.5 Å². The minimum atomic E-state index is -0.229. The van der Waals surface area contributed by atoms with Crippen molar-refractivity contribution in [2.45, 2.75) is 38.5 Å². The zero-order valence-electron chi connectivity index (χ0n) is 34.0. The van der Waals surface area contributed by atoms with E-state index in [2.05, 4.69) is 66.8 Å². The van der Waals surface area contributed by atoms with Gasteiger partial charge in [0.05, 0.1) is 33.6 Å². The van der Waals surface area contributed by atoms with E-state index >= 15 is 0 Å². The van der Waals surface area contributed by atoms with Crippen LogP contribution < -0.4 is 20.1 Å². The minimum Gasteiger partial charge on any atom is -0.494 e. The van der Waals surface area contributed by atoms with Gasteiger partial charge in [0, 0.05) is 26.2 Å². The number of piperidine rings is 2. The van der Waals surface area contributed by atoms with E-state index in [1.165, 1.54) is 59.3 Å². The van der Waals surface area contributed by atoms with Crippen molar-refractivity contribution >= 4 is 121 Å². The van der Waals surface area contributed by atoms with E-state index in [-0.39, 0.29) is 85.0 Å². The third kappa shape index (κ3) is 17.9. The van der Waals surface area contributed by atoms with Crippen molar-refractivity contribution in [2.24, 2.45) is 11.8 Å². The second-order valence-electron chi connectivity index (χ2n) is 14.6. The fourth-order valence-corrected chi connectivity index (χ4v) is 8.95. The fraction of sp³-hybridized carbons (Fsp3) is 0.409. The van der Waals surface area contributed by atoms with Crippen LogP contribution in [-0.4, -0.2) is 90.8 Å². The van der Waals surface area contributed by atoms with Crippen molar-refractivity contribution in [3.8, 4) is 11.5 Å². The molecule has 4 heterocycles. The summed E-state index contributed by atoms with van der Waals surface area (Å²) in [6.07, 6.45) is 6.86. The van der Waals surface area contributed by atoms with Crippen molar-refractivity contribution in [1.82, 2.24) is 19.8 Å². The summed E-state index contributed by atoms with van der Waals surface area (Å²) in [6, 6.07) is 29.0. The third-order valence-electron chi connectivity index (χ3n) is 10.5. The first-order valence-corrected chi connectivity index (χ1v) is 21.6. The number of hydrogen-bond donors (Lipinski definition) is 2. The van der Waals surface area contributed by atoms with Gasteiger partial charge in [-0.1, -0.05) is 46.9 Å². The highest BCUT2D eigenvalue weighted by Gasteiger charge is 2.20. The van der Waals surface area contributed by atoms with Gasteiger partial charge in [-0.3, -0.25) is 0 Å². The molecule has 0 atom stereocenters. The molecule has 0 aliphatic carbocycles. The molecule has 2 aliphatic rings. The maximum atomic E-state index is 12.9. The number of para-hydroxylation sites is 2. The number of ether oxygens (including phenoxy) is 2. The first-order chi connectivity index (χ1) is 27.5. The highest BCUT2D eigenvalue weighted by atomic mass is 79.9. The Balaban J connectivity index is 0.000000388. The number of benzene rings is 4. The summed E-state index contributed by atoms with van der Waals surface area (Å²) in [5.74, 6) is 2.43. The van der Waals surface area contributed by atoms with E-state index < -0.39 is 0 Å². The average molecular weight is 1140 g/mol. The molecule has 2 aliphatic heterocycles. The number of nitrogens with zero attached hydrogens (tertiary/aromatic N) is 4. The van der Waals surface area contributed by atoms with Crippen LogP contribution >= 0.6 is 90.6 Å². The zero-order chi connectivity index (χ0) is 38.4. The second kappa shape index (κ2) is 29.1. The van der Waals surface area contributed by atoms with Crippen molar-refractivity contribution in [3.63, 3.8) is 0 Å². The lowest BCUT2D eigenvalue weighted by Gasteiger charge is -2.31. The number of likely N-dealkylation sites (tertiary alicyclic amines) is 2. The lowest BCUT2D eigenvalue weighted by molar-refractivity contribution is 0.175. The molecule has 4 aromatic carbocycles. The number of halogens is 6. The van der Waals surface area contributed by atoms with Crippen LogP contribution in [0.4, 0.5) is 19.0 Å². The molecule has 0 spiro atoms. The number of rotatable bonds is 16. The molecule has 17 heteroatoms. The van der Waals surface area contributed by atoms with Gasteiger partial charge in [0.15, 0.2) is 10.3 Å². The molecule has 9 nitrogen and oxygen atoms in total. The first-order valence-electron chi connectivity index (χ1n) is 19.9. The van der Waals surface area contributed by atoms with Gasteiger partial charge in [0.2, 0.25) is 0 Å². The SMILES string of the molecule is Br.Br.Br.Br.Fc1ccc(OCCCN2CCC(CNc3nc4ccccc4s3)CC2)cc1.Fc1ccc(OCCCN2CCC(CNc3nc4ccccc4s3)CC2)cc1.O. The highest BCUT2D eigenvalue weighted by Crippen LogP contribution is 2.28. The molecule has 6 aromatic rings. The van der Waals surface area contributed by atoms with E-state index in [1.54, 1.807) is 46.9 Å². The van der Waals surface area contributed by atoms with Gasteiger partial charge in [0.1, 0.15) is 23.1 Å². The molecule has 61 heavy (non-hydrogen) atoms. The Labute approximate surface area is 408 Å². The van der Waals surface area contributed by atoms with Crippen LogP contribution in [0.15, 0.2) is 97.1 Å². The van der Waals surface area contributed by atoms with Crippen LogP contribution in [0.2, 0.25) is 0 Å². The number of nitrogens with one attached hydrogen (secondary N) is 2. The second-order valence-corrected chi connectivity index (χ2v) is 16.7. The molecule has 8 rings (SSSR count). The summed E-state index contributed by atoms with van der Waals surface area (Å²) >= 11 is 3.46. The predicted molar refractivity (Wildman–Crippen MR) is 272 cm³/mol. The summed E-state index contributed by atoms with van der Waals surface area (Å²) in [6.45, 7) is 10.0. The van der Waals surface area contributed by atoms with E-state index in [0.717, 1.165) is 98.0 Å². The average Bonchev–Trinajstić information content (AvgIpc) is 3.86. The van der Waals surface area contributed by atoms with Gasteiger partial charge < -0.3 is 35.4 Å². The Kier molecular flexibility index (Phi) is 26.0. The molecule has 0 amide bonds. The first kappa shape index (κ1) is 54.7. The molecule has 0 bridgehead atoms. The van der Waals surface area contributed by atoms with Crippen LogP contribution in [0.5, 0.6) is 11.5 Å². The van der Waals surface area contributed by atoms with Gasteiger partial charge in [-0.15, -0.1) is 67.9 Å². The lowest BCUT2D eigenvalue weighted by Crippen LogP contribution is -2.36. The van der Waals surface area contributed by atoms with E-state index in [1.807, 2.05) is 12.1 Å². The highest BCUT2D eigenvalue weighted by molar-refractivity contribution is 8.93. The summed E-state index contributed by atoms with van der Waals surface area (Å²) in [7, 11) is 0. The molecular formula is C44H58Br4F2N6O3S2. The number of fused-ring (bicyclic) bond motifs is 2. The number of thiazole rings is 2. The molecule has 336 valence electrons. The summed E-state index contributed by atoms with van der Waals surface area (Å²) < 4.78 is 39.6. The number of anilines is 2. The predicted octanol–water partition coefficient (Wildman–Crippen LogP) is 11.5. The Morgan fingerprint density at radius 1 is 0.541 bits per heavy atom. The third-order valence-corrected chi connectivity index (χ3v) is 12.5. The van der Waals surface area contributed by atoms with Crippen LogP contribution in [0.25, 0.3) is 20.4 Å². The van der Waals surface area contributed by atoms with Crippen molar-refractivity contribution in [3.05, 3.63) is 109 Å². The molecule has 0 saturated carbocycles. The van der Waals surface area contributed by atoms with Crippen molar-refractivity contribution in [2.75, 3.05) is 76.2 Å². The van der Waals surface area contributed by atoms with Crippen molar-refractivity contribution in [1.29, 1.82) is 0 Å². The summed E-state index contributed by atoms with van der Waals surface area (Å²) in [5.41, 5.74) is 2.15. The van der Waals surface area contributed by atoms with Gasteiger partial charge >= 0.3 is 0 Å². The maximum absolute atomic E-state index is 12.9. The number of hydrogen-bond acceptors (Lipinski definition) is 10. The monoisotopic (exact) mass is 1140 g/mol. The minimum absolute atomic E-state index is 0. The van der Waals surface area contributed by atoms with Crippen molar-refractivity contribution < 1.29 is 23.7 Å². The Bertz CT molecular complexity index is 1860. The standard InChI is InChI=1S/2C22H26FN3OS.4BrH.H2O/c2*23-18-6-8-19(9-7-18)27-15-3-12-26-13-10-17(11-14-26)16-24-22-25-20-4-1-2-5-21(20)28-22;;;;;/h2*1-2,4-9,17H,3,10-16H2,(H,24,25);4*1H;1H2. The topological polar surface area (TPSA) is 106 Å². The van der Waals surface area contributed by atoms with Gasteiger partial charge in [-0.25, -0.2) is 18.7 Å². The Morgan fingerprint density at radius 2 is 0.902 bits per heavy atom. The lowest BCUT2D eigenvalue weighted by atomic mass is 9.97. The maximum Gasteiger partial charge on any atom is 0.183 e. The van der Waals surface area contributed by atoms with Gasteiger partial charge in [-0.2, -0.15) is 0 Å². The Hall–Kier alpha value is -2.48. The van der Waals surface area contributed by atoms with E-state index in [9.17, 15) is 8.78 Å². The van der Waals surface area contributed by atoms with Gasteiger partial charge in [0.25, 0.3) is 0 Å². The molecule has 2 saturated heterocycles. The summed E-state index contributed by atoms with van der Waals surface area (Å²) in [5, 5.41) is 9.13. The van der Waals surface area contributed by atoms with E-state index in [4.69, 9.17) is 9.47 Å². The Morgan fingerprint density at radius 3 is 1.26 bits per heavy atom. The quantitative estimate of drug-likeness (QED) is 0.0924. The van der Waals surface area contributed by atoms with Crippen LogP contribution in [0.3, 0.4) is 0 Å². The van der Waals surface area contributed by atoms with E-state index in [0.29, 0.717) is 25.0 Å². The largest absolute Gasteiger partial charge is 0.494 e. The molecule has 0 unspecified atom stereocenters. The van der Waals surface area contributed by atoms with Crippen LogP contribution in [0, 0.1) is 23.5 Å². The van der Waals surface area contributed by atoms with Gasteiger partial charge in [-0.05, 0) is 149 Å². The number of aromatic nitrogens is 2. The molecule has 4 N–H and O–H groups in total. The smallest absolute Gasteiger partial charge is 0.183 e. The molecule has 2 aromatic heterocycles.